The van der Waals surface area contributed by atoms with E-state index in [0.717, 1.165) is 6.42 Å². The summed E-state index contributed by atoms with van der Waals surface area (Å²) in [6.07, 6.45) is -3.49. The number of alkyl halides is 3. The largest absolute Gasteiger partial charge is 0.416 e. The van der Waals surface area contributed by atoms with Crippen molar-refractivity contribution in [3.05, 3.63) is 29.3 Å². The van der Waals surface area contributed by atoms with Crippen LogP contribution < -0.4 is 10.2 Å². The maximum absolute atomic E-state index is 13.2. The van der Waals surface area contributed by atoms with Crippen LogP contribution in [-0.4, -0.2) is 32.8 Å². The van der Waals surface area contributed by atoms with E-state index in [1.54, 1.807) is 19.2 Å². The Morgan fingerprint density at radius 1 is 1.38 bits per heavy atom. The minimum Gasteiger partial charge on any atom is -0.376 e. The lowest BCUT2D eigenvalue weighted by atomic mass is 10.0. The predicted molar refractivity (Wildman–Crippen MR) is 76.4 cm³/mol. The average Bonchev–Trinajstić information content (AvgIpc) is 2.84. The van der Waals surface area contributed by atoms with E-state index in [1.807, 2.05) is 18.9 Å². The van der Waals surface area contributed by atoms with Gasteiger partial charge >= 0.3 is 6.18 Å². The SMILES string of the molecule is CNCc1ccc(N(C)C2CCOC2C)cc1C(F)(F)F. The van der Waals surface area contributed by atoms with E-state index in [4.69, 9.17) is 4.74 Å². The van der Waals surface area contributed by atoms with Crippen molar-refractivity contribution in [2.24, 2.45) is 0 Å². The van der Waals surface area contributed by atoms with Gasteiger partial charge in [0.05, 0.1) is 17.7 Å². The zero-order chi connectivity index (χ0) is 15.6. The Hall–Kier alpha value is -1.27. The zero-order valence-corrected chi connectivity index (χ0v) is 12.5. The summed E-state index contributed by atoms with van der Waals surface area (Å²) in [5.74, 6) is 0. The normalized spacial score (nSPS) is 22.6. The predicted octanol–water partition coefficient (Wildman–Crippen LogP) is 3.04. The van der Waals surface area contributed by atoms with Crippen LogP contribution in [-0.2, 0) is 17.5 Å². The fourth-order valence-electron chi connectivity index (χ4n) is 2.81. The highest BCUT2D eigenvalue weighted by Crippen LogP contribution is 2.35. The van der Waals surface area contributed by atoms with Crippen LogP contribution in [0.15, 0.2) is 18.2 Å². The number of nitrogens with one attached hydrogen (secondary N) is 1. The van der Waals surface area contributed by atoms with Gasteiger partial charge in [-0.3, -0.25) is 0 Å². The highest BCUT2D eigenvalue weighted by Gasteiger charge is 2.35. The Morgan fingerprint density at radius 2 is 2.10 bits per heavy atom. The van der Waals surface area contributed by atoms with Crippen molar-refractivity contribution in [2.45, 2.75) is 38.2 Å². The summed E-state index contributed by atoms with van der Waals surface area (Å²) in [5.41, 5.74) is 0.259. The molecular formula is C15H21F3N2O. The van der Waals surface area contributed by atoms with Gasteiger partial charge in [-0.1, -0.05) is 6.07 Å². The fraction of sp³-hybridized carbons (Fsp3) is 0.600. The molecule has 0 bridgehead atoms. The zero-order valence-electron chi connectivity index (χ0n) is 12.5. The number of nitrogens with zero attached hydrogens (tertiary/aromatic N) is 1. The Bertz CT molecular complexity index is 490. The molecule has 1 heterocycles. The molecular weight excluding hydrogens is 281 g/mol. The quantitative estimate of drug-likeness (QED) is 0.925. The molecule has 0 amide bonds. The second kappa shape index (κ2) is 6.23. The van der Waals surface area contributed by atoms with E-state index < -0.39 is 11.7 Å². The molecule has 2 rings (SSSR count). The van der Waals surface area contributed by atoms with Gasteiger partial charge in [-0.05, 0) is 38.1 Å². The molecule has 0 aromatic heterocycles. The van der Waals surface area contributed by atoms with E-state index in [9.17, 15) is 13.2 Å². The van der Waals surface area contributed by atoms with Crippen LogP contribution in [0.1, 0.15) is 24.5 Å². The molecule has 1 aliphatic heterocycles. The first kappa shape index (κ1) is 16.1. The number of rotatable bonds is 4. The van der Waals surface area contributed by atoms with Crippen LogP contribution in [0.2, 0.25) is 0 Å². The van der Waals surface area contributed by atoms with Crippen molar-refractivity contribution in [1.82, 2.24) is 5.32 Å². The summed E-state index contributed by atoms with van der Waals surface area (Å²) in [6.45, 7) is 2.80. The van der Waals surface area contributed by atoms with Gasteiger partial charge in [0.1, 0.15) is 0 Å². The number of halogens is 3. The summed E-state index contributed by atoms with van der Waals surface area (Å²) in [4.78, 5) is 1.88. The van der Waals surface area contributed by atoms with Gasteiger partial charge in [-0.2, -0.15) is 13.2 Å². The molecule has 0 spiro atoms. The fourth-order valence-corrected chi connectivity index (χ4v) is 2.81. The van der Waals surface area contributed by atoms with Crippen molar-refractivity contribution in [3.8, 4) is 0 Å². The molecule has 1 N–H and O–H groups in total. The average molecular weight is 302 g/mol. The highest BCUT2D eigenvalue weighted by molar-refractivity contribution is 5.52. The van der Waals surface area contributed by atoms with E-state index in [2.05, 4.69) is 5.32 Å². The molecule has 2 atom stereocenters. The van der Waals surface area contributed by atoms with Crippen LogP contribution >= 0.6 is 0 Å². The molecule has 1 aromatic rings. The third-order valence-electron chi connectivity index (χ3n) is 4.01. The molecule has 0 saturated carbocycles. The second-order valence-electron chi connectivity index (χ2n) is 5.41. The van der Waals surface area contributed by atoms with Crippen LogP contribution in [0.4, 0.5) is 18.9 Å². The minimum absolute atomic E-state index is 0.0290. The van der Waals surface area contributed by atoms with Crippen molar-refractivity contribution in [2.75, 3.05) is 25.6 Å². The monoisotopic (exact) mass is 302 g/mol. The molecule has 6 heteroatoms. The summed E-state index contributed by atoms with van der Waals surface area (Å²) < 4.78 is 45.1. The van der Waals surface area contributed by atoms with Gasteiger partial charge in [-0.25, -0.2) is 0 Å². The molecule has 1 aliphatic rings. The van der Waals surface area contributed by atoms with Gasteiger partial charge in [0.2, 0.25) is 0 Å². The third kappa shape index (κ3) is 3.49. The third-order valence-corrected chi connectivity index (χ3v) is 4.01. The molecule has 1 aromatic carbocycles. The van der Waals surface area contributed by atoms with Crippen LogP contribution in [0.25, 0.3) is 0 Å². The molecule has 0 aliphatic carbocycles. The first-order chi connectivity index (χ1) is 9.84. The number of ether oxygens (including phenoxy) is 1. The number of hydrogen-bond donors (Lipinski definition) is 1. The number of likely N-dealkylation sites (N-methyl/N-ethyl adjacent to an activating group) is 1. The highest BCUT2D eigenvalue weighted by atomic mass is 19.4. The van der Waals surface area contributed by atoms with Crippen molar-refractivity contribution in [1.29, 1.82) is 0 Å². The Morgan fingerprint density at radius 3 is 2.62 bits per heavy atom. The standard InChI is InChI=1S/C15H21F3N2O/c1-10-14(6-7-21-10)20(3)12-5-4-11(9-19-2)13(8-12)15(16,17)18/h4-5,8,10,14,19H,6-7,9H2,1-3H3. The van der Waals surface area contributed by atoms with Gasteiger partial charge in [0.25, 0.3) is 0 Å². The molecule has 2 unspecified atom stereocenters. The molecule has 1 fully saturated rings. The molecule has 0 radical (unpaired) electrons. The lowest BCUT2D eigenvalue weighted by molar-refractivity contribution is -0.138. The van der Waals surface area contributed by atoms with Crippen LogP contribution in [0.5, 0.6) is 0 Å². The Labute approximate surface area is 123 Å². The molecule has 118 valence electrons. The summed E-state index contributed by atoms with van der Waals surface area (Å²) in [5, 5.41) is 2.77. The maximum atomic E-state index is 13.2. The van der Waals surface area contributed by atoms with E-state index in [1.165, 1.54) is 6.07 Å². The number of anilines is 1. The van der Waals surface area contributed by atoms with Crippen LogP contribution in [0, 0.1) is 0 Å². The lowest BCUT2D eigenvalue weighted by Crippen LogP contribution is -2.36. The van der Waals surface area contributed by atoms with Crippen molar-refractivity contribution >= 4 is 5.69 Å². The number of benzene rings is 1. The summed E-state index contributed by atoms with van der Waals surface area (Å²) >= 11 is 0. The van der Waals surface area contributed by atoms with Gasteiger partial charge < -0.3 is 15.0 Å². The van der Waals surface area contributed by atoms with Crippen molar-refractivity contribution in [3.63, 3.8) is 0 Å². The maximum Gasteiger partial charge on any atom is 0.416 e. The minimum atomic E-state index is -4.35. The Balaban J connectivity index is 2.32. The summed E-state index contributed by atoms with van der Waals surface area (Å²) in [6, 6.07) is 4.64. The molecule has 21 heavy (non-hydrogen) atoms. The number of hydrogen-bond acceptors (Lipinski definition) is 3. The van der Waals surface area contributed by atoms with Gasteiger partial charge in [-0.15, -0.1) is 0 Å². The molecule has 3 nitrogen and oxygen atoms in total. The molecule has 1 saturated heterocycles. The first-order valence-corrected chi connectivity index (χ1v) is 7.03. The van der Waals surface area contributed by atoms with Crippen LogP contribution in [0.3, 0.4) is 0 Å². The second-order valence-corrected chi connectivity index (χ2v) is 5.41. The van der Waals surface area contributed by atoms with E-state index >= 15 is 0 Å². The summed E-state index contributed by atoms with van der Waals surface area (Å²) in [7, 11) is 3.46. The Kier molecular flexibility index (Phi) is 4.78. The lowest BCUT2D eigenvalue weighted by Gasteiger charge is -2.29. The van der Waals surface area contributed by atoms with Crippen molar-refractivity contribution < 1.29 is 17.9 Å². The van der Waals surface area contributed by atoms with E-state index in [-0.39, 0.29) is 24.3 Å². The van der Waals surface area contributed by atoms with E-state index in [0.29, 0.717) is 12.3 Å². The van der Waals surface area contributed by atoms with Gasteiger partial charge in [0, 0.05) is 25.9 Å². The first-order valence-electron chi connectivity index (χ1n) is 7.03. The van der Waals surface area contributed by atoms with Gasteiger partial charge in [0.15, 0.2) is 0 Å². The topological polar surface area (TPSA) is 24.5 Å². The smallest absolute Gasteiger partial charge is 0.376 e.